The van der Waals surface area contributed by atoms with E-state index in [0.29, 0.717) is 116 Å². The summed E-state index contributed by atoms with van der Waals surface area (Å²) in [4.78, 5) is 74.0. The van der Waals surface area contributed by atoms with Crippen molar-refractivity contribution in [2.24, 2.45) is 5.41 Å². The number of carboxylic acids is 1. The van der Waals surface area contributed by atoms with E-state index in [0.717, 1.165) is 0 Å². The van der Waals surface area contributed by atoms with E-state index in [1.165, 1.54) is 6.20 Å². The van der Waals surface area contributed by atoms with Gasteiger partial charge in [0.1, 0.15) is 35.1 Å². The van der Waals surface area contributed by atoms with E-state index in [1.54, 1.807) is 73.2 Å². The molecule has 2 amide bonds. The molecule has 4 aromatic heterocycles. The number of pyridine rings is 3. The van der Waals surface area contributed by atoms with Gasteiger partial charge in [0.25, 0.3) is 11.8 Å². The van der Waals surface area contributed by atoms with Gasteiger partial charge >= 0.3 is 5.97 Å². The zero-order valence-corrected chi connectivity index (χ0v) is 39.9. The number of benzene rings is 1. The molecule has 368 valence electrons. The number of carbonyl (C=O) groups excluding carboxylic acids is 3. The average Bonchev–Trinajstić information content (AvgIpc) is 3.53. The van der Waals surface area contributed by atoms with Crippen LogP contribution >= 0.6 is 0 Å². The van der Waals surface area contributed by atoms with Crippen molar-refractivity contribution >= 4 is 35.3 Å². The number of anilines is 2. The third kappa shape index (κ3) is 14.9. The van der Waals surface area contributed by atoms with Crippen LogP contribution in [0.3, 0.4) is 0 Å². The van der Waals surface area contributed by atoms with Crippen LogP contribution in [0.5, 0.6) is 17.4 Å². The Labute approximate surface area is 406 Å². The number of aromatic nitrogens is 5. The monoisotopic (exact) mass is 958 g/mol. The molecule has 0 unspecified atom stereocenters. The number of nitrogens with one attached hydrogen (secondary N) is 3. The molecule has 1 aliphatic rings. The maximum absolute atomic E-state index is 13.3. The maximum atomic E-state index is 13.3. The Morgan fingerprint density at radius 2 is 1.57 bits per heavy atom. The molecule has 0 saturated heterocycles. The second-order valence-electron chi connectivity index (χ2n) is 17.8. The molecule has 1 atom stereocenters. The minimum atomic E-state index is -1.10. The molecular weight excluding hydrogens is 901 g/mol. The predicted molar refractivity (Wildman–Crippen MR) is 257 cm³/mol. The van der Waals surface area contributed by atoms with Crippen molar-refractivity contribution < 1.29 is 48.0 Å². The topological polar surface area (TPSA) is 262 Å². The predicted octanol–water partition coefficient (Wildman–Crippen LogP) is 5.64. The third-order valence-electron chi connectivity index (χ3n) is 10.9. The van der Waals surface area contributed by atoms with Gasteiger partial charge in [-0.25, -0.2) is 29.7 Å². The number of aliphatic carboxylic acids is 1. The van der Waals surface area contributed by atoms with E-state index >= 15 is 0 Å². The van der Waals surface area contributed by atoms with Crippen LogP contribution in [0.15, 0.2) is 85.5 Å². The smallest absolute Gasteiger partial charge is 0.326 e. The molecule has 0 spiro atoms. The minimum Gasteiger partial charge on any atom is -0.484 e. The Morgan fingerprint density at radius 1 is 0.857 bits per heavy atom. The van der Waals surface area contributed by atoms with Crippen molar-refractivity contribution in [1.29, 1.82) is 5.26 Å². The van der Waals surface area contributed by atoms with Gasteiger partial charge in [-0.3, -0.25) is 14.4 Å². The molecule has 5 aromatic rings. The quantitative estimate of drug-likeness (QED) is 0.0489. The summed E-state index contributed by atoms with van der Waals surface area (Å²) in [6.07, 6.45) is 7.21. The molecule has 0 bridgehead atoms. The fraction of sp³-hybridized carbons (Fsp3) is 0.400. The molecule has 5 heterocycles. The number of carbonyl (C=O) groups is 4. The Morgan fingerprint density at radius 3 is 2.26 bits per heavy atom. The van der Waals surface area contributed by atoms with E-state index < -0.39 is 23.5 Å². The maximum Gasteiger partial charge on any atom is 0.326 e. The van der Waals surface area contributed by atoms with Crippen molar-refractivity contribution in [2.75, 3.05) is 69.6 Å². The highest BCUT2D eigenvalue weighted by atomic mass is 16.5. The highest BCUT2D eigenvalue weighted by molar-refractivity contribution is 6.13. The SMILES string of the molecule is CC(C)(C)CC[C@H](NC(=O)COc1cccc(Oc2ccc(C(=O)NCCOCCOCCOCCNc3ncc(-c4ccc5c(n4)N(Cc4cccnc4C#N)C(C)(C)C5=O)cn3)cn2)c1)C(=O)O. The van der Waals surface area contributed by atoms with E-state index in [-0.39, 0.29) is 42.7 Å². The van der Waals surface area contributed by atoms with E-state index in [9.17, 15) is 29.5 Å². The molecule has 1 aliphatic heterocycles. The van der Waals surface area contributed by atoms with Crippen molar-refractivity contribution in [3.8, 4) is 34.7 Å². The number of fused-ring (bicyclic) bond motifs is 1. The molecule has 0 fully saturated rings. The van der Waals surface area contributed by atoms with Crippen LogP contribution in [-0.4, -0.2) is 125 Å². The molecule has 0 saturated carbocycles. The van der Waals surface area contributed by atoms with Crippen molar-refractivity contribution in [1.82, 2.24) is 35.6 Å². The van der Waals surface area contributed by atoms with Crippen molar-refractivity contribution in [2.45, 2.75) is 65.6 Å². The number of amides is 2. The molecule has 0 radical (unpaired) electrons. The zero-order valence-electron chi connectivity index (χ0n) is 39.9. The highest BCUT2D eigenvalue weighted by Gasteiger charge is 2.45. The number of rotatable bonds is 26. The van der Waals surface area contributed by atoms with E-state index in [4.69, 9.17) is 28.7 Å². The standard InChI is InChI=1S/C50H58N10O10/c1-49(2,3)16-15-40(47(64)65)58-42(61)32-69-36-9-6-10-37(26-36)70-43-14-11-33(28-55-43)46(63)53-18-20-66-22-24-68-25-23-67-21-19-54-48-56-29-35(30-57-48)39-13-12-38-44(62)50(4,5)60(45(38)59-39)31-34-8-7-17-52-41(34)27-51/h6-14,17,26,28-30,40H,15-16,18-25,31-32H2,1-5H3,(H,53,63)(H,58,61)(H,64,65)(H,54,56,57)/t40-/m0/s1. The lowest BCUT2D eigenvalue weighted by Crippen LogP contribution is -2.44. The number of ether oxygens (including phenoxy) is 5. The van der Waals surface area contributed by atoms with Crippen LogP contribution in [-0.2, 0) is 30.3 Å². The van der Waals surface area contributed by atoms with Crippen LogP contribution in [0.25, 0.3) is 11.3 Å². The Hall–Kier alpha value is -7.60. The van der Waals surface area contributed by atoms with Crippen LogP contribution in [0.1, 0.15) is 79.4 Å². The normalized spacial score (nSPS) is 13.2. The Kier molecular flexibility index (Phi) is 18.2. The van der Waals surface area contributed by atoms with E-state index in [2.05, 4.69) is 42.0 Å². The minimum absolute atomic E-state index is 0.0498. The molecule has 20 nitrogen and oxygen atoms in total. The number of hydrogen-bond donors (Lipinski definition) is 4. The van der Waals surface area contributed by atoms with Gasteiger partial charge in [0.15, 0.2) is 12.4 Å². The van der Waals surface area contributed by atoms with Gasteiger partial charge in [0, 0.05) is 67.7 Å². The van der Waals surface area contributed by atoms with Crippen LogP contribution in [0, 0.1) is 16.7 Å². The fourth-order valence-electron chi connectivity index (χ4n) is 7.03. The van der Waals surface area contributed by atoms with Gasteiger partial charge in [-0.2, -0.15) is 5.26 Å². The summed E-state index contributed by atoms with van der Waals surface area (Å²) in [5.74, 6) is -0.118. The molecule has 20 heteroatoms. The number of ketones is 1. The summed E-state index contributed by atoms with van der Waals surface area (Å²) >= 11 is 0. The van der Waals surface area contributed by atoms with Crippen molar-refractivity contribution in [3.05, 3.63) is 108 Å². The van der Waals surface area contributed by atoms with Gasteiger partial charge in [0.05, 0.1) is 62.0 Å². The van der Waals surface area contributed by atoms with Gasteiger partial charge in [-0.15, -0.1) is 0 Å². The average molecular weight is 959 g/mol. The van der Waals surface area contributed by atoms with Crippen LogP contribution in [0.4, 0.5) is 11.8 Å². The number of nitrogens with zero attached hydrogens (tertiary/aromatic N) is 7. The lowest BCUT2D eigenvalue weighted by molar-refractivity contribution is -0.142. The molecule has 70 heavy (non-hydrogen) atoms. The molecular formula is C50H58N10O10. The number of hydrogen-bond acceptors (Lipinski definition) is 17. The second-order valence-corrected chi connectivity index (χ2v) is 17.8. The highest BCUT2D eigenvalue weighted by Crippen LogP contribution is 2.40. The lowest BCUT2D eigenvalue weighted by Gasteiger charge is -2.32. The molecule has 6 rings (SSSR count). The first kappa shape index (κ1) is 51.8. The lowest BCUT2D eigenvalue weighted by atomic mass is 9.88. The molecule has 0 aliphatic carbocycles. The number of nitriles is 1. The van der Waals surface area contributed by atoms with Gasteiger partial charge < -0.3 is 49.6 Å². The summed E-state index contributed by atoms with van der Waals surface area (Å²) in [6, 6.07) is 17.9. The summed E-state index contributed by atoms with van der Waals surface area (Å²) < 4.78 is 28.1. The van der Waals surface area contributed by atoms with Crippen LogP contribution in [0.2, 0.25) is 0 Å². The van der Waals surface area contributed by atoms with E-state index in [1.807, 2.05) is 45.6 Å². The summed E-state index contributed by atoms with van der Waals surface area (Å²) in [5, 5.41) is 27.5. The summed E-state index contributed by atoms with van der Waals surface area (Å²) in [5.41, 5.74) is 2.21. The first-order valence-corrected chi connectivity index (χ1v) is 22.8. The van der Waals surface area contributed by atoms with Gasteiger partial charge in [0.2, 0.25) is 11.8 Å². The largest absolute Gasteiger partial charge is 0.484 e. The summed E-state index contributed by atoms with van der Waals surface area (Å²) in [7, 11) is 0. The van der Waals surface area contributed by atoms with Gasteiger partial charge in [-0.05, 0) is 68.5 Å². The Balaban J connectivity index is 0.800. The fourth-order valence-corrected chi connectivity index (χ4v) is 7.03. The number of Topliss-reactive ketones (excluding diaryl/α,β-unsaturated/α-hetero) is 1. The second kappa shape index (κ2) is 24.6. The zero-order chi connectivity index (χ0) is 50.1. The first-order valence-electron chi connectivity index (χ1n) is 22.8. The van der Waals surface area contributed by atoms with Crippen LogP contribution < -0.4 is 30.3 Å². The molecule has 1 aromatic carbocycles. The Bertz CT molecular complexity index is 2620. The first-order chi connectivity index (χ1) is 33.6. The molecule has 4 N–H and O–H groups in total. The van der Waals surface area contributed by atoms with Crippen molar-refractivity contribution in [3.63, 3.8) is 0 Å². The summed E-state index contributed by atoms with van der Waals surface area (Å²) in [6.45, 7) is 12.5. The van der Waals surface area contributed by atoms with Gasteiger partial charge in [-0.1, -0.05) is 32.9 Å². The number of carboxylic acid groups (broad SMARTS) is 1. The third-order valence-corrected chi connectivity index (χ3v) is 10.9.